The van der Waals surface area contributed by atoms with Crippen LogP contribution in [0, 0.1) is 0 Å². The number of hydrogen-bond acceptors (Lipinski definition) is 2. The number of benzene rings is 1. The van der Waals surface area contributed by atoms with Crippen LogP contribution >= 0.6 is 0 Å². The molecular weight excluding hydrogens is 265 g/mol. The van der Waals surface area contributed by atoms with Gasteiger partial charge in [0.1, 0.15) is 0 Å². The largest absolute Gasteiger partial charge is 0.401 e. The van der Waals surface area contributed by atoms with E-state index >= 15 is 0 Å². The highest BCUT2D eigenvalue weighted by Crippen LogP contribution is 2.21. The Morgan fingerprint density at radius 1 is 1.20 bits per heavy atom. The van der Waals surface area contributed by atoms with Gasteiger partial charge in [-0.15, -0.1) is 0 Å². The summed E-state index contributed by atoms with van der Waals surface area (Å²) in [6.45, 7) is 2.34. The summed E-state index contributed by atoms with van der Waals surface area (Å²) < 4.78 is 36.9. The first-order valence-corrected chi connectivity index (χ1v) is 7.04. The van der Waals surface area contributed by atoms with Crippen molar-refractivity contribution in [3.05, 3.63) is 35.9 Å². The lowest BCUT2D eigenvalue weighted by Gasteiger charge is -2.34. The van der Waals surface area contributed by atoms with Crippen LogP contribution in [0.2, 0.25) is 0 Å². The van der Waals surface area contributed by atoms with Crippen LogP contribution in [-0.4, -0.2) is 36.8 Å². The lowest BCUT2D eigenvalue weighted by Crippen LogP contribution is -2.46. The third-order valence-corrected chi connectivity index (χ3v) is 3.78. The fourth-order valence-electron chi connectivity index (χ4n) is 2.70. The zero-order valence-corrected chi connectivity index (χ0v) is 11.7. The fourth-order valence-corrected chi connectivity index (χ4v) is 2.70. The van der Waals surface area contributed by atoms with E-state index in [0.29, 0.717) is 19.1 Å². The molecule has 0 bridgehead atoms. The number of rotatable bonds is 4. The summed E-state index contributed by atoms with van der Waals surface area (Å²) in [5, 5.41) is 3.51. The van der Waals surface area contributed by atoms with E-state index in [1.54, 1.807) is 0 Å². The average Bonchev–Trinajstić information content (AvgIpc) is 2.40. The molecule has 1 aromatic rings. The van der Waals surface area contributed by atoms with E-state index in [1.165, 1.54) is 10.5 Å². The van der Waals surface area contributed by atoms with Crippen molar-refractivity contribution in [1.82, 2.24) is 10.2 Å². The number of alkyl halides is 3. The van der Waals surface area contributed by atoms with Gasteiger partial charge in [0.15, 0.2) is 0 Å². The smallest absolute Gasteiger partial charge is 0.307 e. The maximum atomic E-state index is 12.3. The lowest BCUT2D eigenvalue weighted by molar-refractivity contribution is -0.148. The molecule has 112 valence electrons. The minimum absolute atomic E-state index is 0.232. The highest BCUT2D eigenvalue weighted by atomic mass is 19.4. The molecule has 5 heteroatoms. The summed E-state index contributed by atoms with van der Waals surface area (Å²) in [7, 11) is 0. The minimum atomic E-state index is -4.09. The molecule has 0 saturated carbocycles. The molecule has 1 saturated heterocycles. The SMILES string of the molecule is C[C@@H](NC1CCN(CC(F)(F)F)CC1)c1ccccc1. The van der Waals surface area contributed by atoms with Gasteiger partial charge >= 0.3 is 6.18 Å². The molecule has 1 aromatic carbocycles. The van der Waals surface area contributed by atoms with Crippen LogP contribution in [0.4, 0.5) is 13.2 Å². The molecule has 1 N–H and O–H groups in total. The molecule has 1 fully saturated rings. The van der Waals surface area contributed by atoms with E-state index in [0.717, 1.165) is 12.8 Å². The molecule has 2 nitrogen and oxygen atoms in total. The quantitative estimate of drug-likeness (QED) is 0.913. The first-order chi connectivity index (χ1) is 9.44. The van der Waals surface area contributed by atoms with E-state index in [-0.39, 0.29) is 6.04 Å². The molecular formula is C15H21F3N2. The van der Waals surface area contributed by atoms with Crippen LogP contribution < -0.4 is 5.32 Å². The number of hydrogen-bond donors (Lipinski definition) is 1. The zero-order valence-electron chi connectivity index (χ0n) is 11.7. The van der Waals surface area contributed by atoms with Crippen molar-refractivity contribution in [2.75, 3.05) is 19.6 Å². The molecule has 0 aliphatic carbocycles. The molecule has 2 rings (SSSR count). The van der Waals surface area contributed by atoms with Gasteiger partial charge in [-0.2, -0.15) is 13.2 Å². The predicted octanol–water partition coefficient (Wildman–Crippen LogP) is 3.36. The molecule has 0 amide bonds. The van der Waals surface area contributed by atoms with Crippen molar-refractivity contribution >= 4 is 0 Å². The summed E-state index contributed by atoms with van der Waals surface area (Å²) in [5.74, 6) is 0. The van der Waals surface area contributed by atoms with Gasteiger partial charge in [-0.25, -0.2) is 0 Å². The predicted molar refractivity (Wildman–Crippen MR) is 73.5 cm³/mol. The van der Waals surface area contributed by atoms with Crippen molar-refractivity contribution in [2.45, 2.75) is 38.0 Å². The summed E-state index contributed by atoms with van der Waals surface area (Å²) in [6.07, 6.45) is -2.54. The highest BCUT2D eigenvalue weighted by molar-refractivity contribution is 5.18. The third-order valence-electron chi connectivity index (χ3n) is 3.78. The van der Waals surface area contributed by atoms with Crippen molar-refractivity contribution in [3.63, 3.8) is 0 Å². The molecule has 1 aliphatic heterocycles. The highest BCUT2D eigenvalue weighted by Gasteiger charge is 2.32. The van der Waals surface area contributed by atoms with Crippen molar-refractivity contribution in [3.8, 4) is 0 Å². The second kappa shape index (κ2) is 6.59. The molecule has 20 heavy (non-hydrogen) atoms. The fraction of sp³-hybridized carbons (Fsp3) is 0.600. The Morgan fingerprint density at radius 3 is 2.35 bits per heavy atom. The Labute approximate surface area is 118 Å². The van der Waals surface area contributed by atoms with Crippen LogP contribution in [0.15, 0.2) is 30.3 Å². The summed E-state index contributed by atoms with van der Waals surface area (Å²) >= 11 is 0. The van der Waals surface area contributed by atoms with E-state index in [1.807, 2.05) is 18.2 Å². The van der Waals surface area contributed by atoms with Crippen LogP contribution in [0.1, 0.15) is 31.4 Å². The van der Waals surface area contributed by atoms with Gasteiger partial charge in [-0.05, 0) is 38.4 Å². The Morgan fingerprint density at radius 2 is 1.80 bits per heavy atom. The number of likely N-dealkylation sites (tertiary alicyclic amines) is 1. The monoisotopic (exact) mass is 286 g/mol. The second-order valence-corrected chi connectivity index (χ2v) is 5.46. The average molecular weight is 286 g/mol. The van der Waals surface area contributed by atoms with Gasteiger partial charge in [0.05, 0.1) is 6.54 Å². The van der Waals surface area contributed by atoms with E-state index in [9.17, 15) is 13.2 Å². The summed E-state index contributed by atoms with van der Waals surface area (Å²) in [4.78, 5) is 1.49. The number of halogens is 3. The van der Waals surface area contributed by atoms with Gasteiger partial charge in [0.25, 0.3) is 0 Å². The van der Waals surface area contributed by atoms with Gasteiger partial charge in [-0.1, -0.05) is 30.3 Å². The lowest BCUT2D eigenvalue weighted by atomic mass is 10.0. The molecule has 0 spiro atoms. The maximum Gasteiger partial charge on any atom is 0.401 e. The summed E-state index contributed by atoms with van der Waals surface area (Å²) in [6, 6.07) is 10.6. The van der Waals surface area contributed by atoms with Crippen LogP contribution in [-0.2, 0) is 0 Å². The molecule has 0 radical (unpaired) electrons. The van der Waals surface area contributed by atoms with Gasteiger partial charge in [-0.3, -0.25) is 4.90 Å². The van der Waals surface area contributed by atoms with Gasteiger partial charge in [0, 0.05) is 12.1 Å². The Hall–Kier alpha value is -1.07. The minimum Gasteiger partial charge on any atom is -0.307 e. The molecule has 1 aliphatic rings. The van der Waals surface area contributed by atoms with E-state index < -0.39 is 12.7 Å². The molecule has 1 heterocycles. The number of piperidine rings is 1. The van der Waals surface area contributed by atoms with Gasteiger partial charge < -0.3 is 5.32 Å². The number of nitrogens with one attached hydrogen (secondary N) is 1. The maximum absolute atomic E-state index is 12.3. The van der Waals surface area contributed by atoms with E-state index in [2.05, 4.69) is 24.4 Å². The van der Waals surface area contributed by atoms with Crippen molar-refractivity contribution in [2.24, 2.45) is 0 Å². The normalized spacial score (nSPS) is 20.0. The Bertz CT molecular complexity index is 397. The molecule has 1 atom stereocenters. The van der Waals surface area contributed by atoms with E-state index in [4.69, 9.17) is 0 Å². The number of nitrogens with zero attached hydrogens (tertiary/aromatic N) is 1. The first-order valence-electron chi connectivity index (χ1n) is 7.04. The van der Waals surface area contributed by atoms with Crippen molar-refractivity contribution in [1.29, 1.82) is 0 Å². The third kappa shape index (κ3) is 4.80. The Balaban J connectivity index is 1.77. The van der Waals surface area contributed by atoms with Crippen LogP contribution in [0.5, 0.6) is 0 Å². The molecule has 0 unspecified atom stereocenters. The topological polar surface area (TPSA) is 15.3 Å². The first kappa shape index (κ1) is 15.3. The molecule has 0 aromatic heterocycles. The standard InChI is InChI=1S/C15H21F3N2/c1-12(13-5-3-2-4-6-13)19-14-7-9-20(10-8-14)11-15(16,17)18/h2-6,12,14,19H,7-11H2,1H3/t12-/m1/s1. The van der Waals surface area contributed by atoms with Crippen LogP contribution in [0.25, 0.3) is 0 Å². The summed E-state index contributed by atoms with van der Waals surface area (Å²) in [5.41, 5.74) is 1.21. The van der Waals surface area contributed by atoms with Crippen LogP contribution in [0.3, 0.4) is 0 Å². The second-order valence-electron chi connectivity index (χ2n) is 5.46. The zero-order chi connectivity index (χ0) is 14.6. The van der Waals surface area contributed by atoms with Gasteiger partial charge in [0.2, 0.25) is 0 Å². The Kier molecular flexibility index (Phi) is 5.05. The van der Waals surface area contributed by atoms with Crippen molar-refractivity contribution < 1.29 is 13.2 Å².